The summed E-state index contributed by atoms with van der Waals surface area (Å²) in [4.78, 5) is 19.9. The zero-order valence-corrected chi connectivity index (χ0v) is 9.78. The number of hydrogen-bond acceptors (Lipinski definition) is 6. The average Bonchev–Trinajstić information content (AvgIpc) is 3.10. The van der Waals surface area contributed by atoms with Crippen molar-refractivity contribution in [2.75, 3.05) is 0 Å². The van der Waals surface area contributed by atoms with Gasteiger partial charge in [0, 0.05) is 5.56 Å². The van der Waals surface area contributed by atoms with Gasteiger partial charge in [-0.15, -0.1) is 0 Å². The number of ketones is 1. The van der Waals surface area contributed by atoms with Crippen molar-refractivity contribution in [3.8, 4) is 11.6 Å². The Morgan fingerprint density at radius 1 is 1.26 bits per heavy atom. The molecule has 0 unspecified atom stereocenters. The lowest BCUT2D eigenvalue weighted by Crippen LogP contribution is -2.03. The van der Waals surface area contributed by atoms with E-state index in [-0.39, 0.29) is 23.9 Å². The van der Waals surface area contributed by atoms with Crippen molar-refractivity contribution in [2.24, 2.45) is 0 Å². The summed E-state index contributed by atoms with van der Waals surface area (Å²) in [6.07, 6.45) is 1.41. The van der Waals surface area contributed by atoms with Gasteiger partial charge in [-0.25, -0.2) is 4.98 Å². The quantitative estimate of drug-likeness (QED) is 0.705. The Balaban J connectivity index is 1.76. The molecule has 1 aromatic carbocycles. The standard InChI is InChI=1S/C12H9N5O2/c18-9(8-4-2-1-3-5-8)6-10-15-12(17-19-10)11-13-7-14-16-11/h1-5,7H,6H2,(H,13,14,16). The molecule has 1 N–H and O–H groups in total. The second-order valence-electron chi connectivity index (χ2n) is 3.81. The molecule has 94 valence electrons. The molecular formula is C12H9N5O2. The SMILES string of the molecule is O=C(Cc1nc(-c2ncn[nH]2)no1)c1ccccc1. The summed E-state index contributed by atoms with van der Waals surface area (Å²) < 4.78 is 5.01. The Bertz CT molecular complexity index is 675. The minimum absolute atomic E-state index is 0.0607. The van der Waals surface area contributed by atoms with Crippen LogP contribution in [-0.4, -0.2) is 31.1 Å². The molecule has 2 aromatic heterocycles. The van der Waals surface area contributed by atoms with Crippen LogP contribution < -0.4 is 0 Å². The van der Waals surface area contributed by atoms with Crippen molar-refractivity contribution in [1.82, 2.24) is 25.3 Å². The van der Waals surface area contributed by atoms with Crippen LogP contribution in [0.1, 0.15) is 16.2 Å². The van der Waals surface area contributed by atoms with E-state index in [1.807, 2.05) is 6.07 Å². The monoisotopic (exact) mass is 255 g/mol. The van der Waals surface area contributed by atoms with Crippen LogP contribution in [0.15, 0.2) is 41.2 Å². The fourth-order valence-corrected chi connectivity index (χ4v) is 1.60. The number of rotatable bonds is 4. The fourth-order valence-electron chi connectivity index (χ4n) is 1.60. The normalized spacial score (nSPS) is 10.5. The molecule has 3 rings (SSSR count). The zero-order chi connectivity index (χ0) is 13.1. The van der Waals surface area contributed by atoms with Crippen LogP contribution in [0.25, 0.3) is 11.6 Å². The lowest BCUT2D eigenvalue weighted by atomic mass is 10.1. The number of carbonyl (C=O) groups excluding carboxylic acids is 1. The fraction of sp³-hybridized carbons (Fsp3) is 0.0833. The van der Waals surface area contributed by atoms with Crippen molar-refractivity contribution in [3.63, 3.8) is 0 Å². The van der Waals surface area contributed by atoms with Gasteiger partial charge < -0.3 is 4.52 Å². The highest BCUT2D eigenvalue weighted by molar-refractivity contribution is 5.96. The van der Waals surface area contributed by atoms with Gasteiger partial charge in [-0.05, 0) is 0 Å². The number of hydrogen-bond donors (Lipinski definition) is 1. The maximum absolute atomic E-state index is 11.9. The first-order chi connectivity index (χ1) is 9.33. The first-order valence-corrected chi connectivity index (χ1v) is 5.59. The van der Waals surface area contributed by atoms with E-state index in [2.05, 4.69) is 25.3 Å². The van der Waals surface area contributed by atoms with Crippen molar-refractivity contribution in [3.05, 3.63) is 48.1 Å². The number of benzene rings is 1. The molecule has 0 radical (unpaired) electrons. The third-order valence-electron chi connectivity index (χ3n) is 2.50. The Labute approximate surface area is 107 Å². The number of Topliss-reactive ketones (excluding diaryl/α,β-unsaturated/α-hetero) is 1. The van der Waals surface area contributed by atoms with Crippen LogP contribution in [0.2, 0.25) is 0 Å². The maximum atomic E-state index is 11.9. The molecule has 0 aliphatic heterocycles. The second-order valence-corrected chi connectivity index (χ2v) is 3.81. The van der Waals surface area contributed by atoms with E-state index < -0.39 is 0 Å². The van der Waals surface area contributed by atoms with Gasteiger partial charge in [0.05, 0.1) is 6.42 Å². The van der Waals surface area contributed by atoms with Crippen molar-refractivity contribution in [1.29, 1.82) is 0 Å². The van der Waals surface area contributed by atoms with Crippen LogP contribution >= 0.6 is 0 Å². The number of carbonyl (C=O) groups is 1. The molecule has 3 aromatic rings. The Morgan fingerprint density at radius 3 is 2.84 bits per heavy atom. The van der Waals surface area contributed by atoms with Crippen molar-refractivity contribution in [2.45, 2.75) is 6.42 Å². The molecular weight excluding hydrogens is 246 g/mol. The highest BCUT2D eigenvalue weighted by Gasteiger charge is 2.14. The first-order valence-electron chi connectivity index (χ1n) is 5.59. The molecule has 0 spiro atoms. The van der Waals surface area contributed by atoms with E-state index in [1.54, 1.807) is 24.3 Å². The topological polar surface area (TPSA) is 97.6 Å². The summed E-state index contributed by atoms with van der Waals surface area (Å²) in [5, 5.41) is 10.0. The van der Waals surface area contributed by atoms with E-state index >= 15 is 0 Å². The van der Waals surface area contributed by atoms with Crippen LogP contribution in [-0.2, 0) is 6.42 Å². The molecule has 0 amide bonds. The van der Waals surface area contributed by atoms with E-state index in [4.69, 9.17) is 4.52 Å². The highest BCUT2D eigenvalue weighted by atomic mass is 16.5. The van der Waals surface area contributed by atoms with Gasteiger partial charge in [0.15, 0.2) is 11.6 Å². The minimum atomic E-state index is -0.0756. The molecule has 19 heavy (non-hydrogen) atoms. The molecule has 2 heterocycles. The van der Waals surface area contributed by atoms with E-state index in [1.165, 1.54) is 6.33 Å². The van der Waals surface area contributed by atoms with Crippen LogP contribution in [0, 0.1) is 0 Å². The van der Waals surface area contributed by atoms with E-state index in [9.17, 15) is 4.79 Å². The summed E-state index contributed by atoms with van der Waals surface area (Å²) in [6, 6.07) is 8.96. The zero-order valence-electron chi connectivity index (χ0n) is 9.78. The second kappa shape index (κ2) is 4.81. The first kappa shape index (κ1) is 11.3. The molecule has 7 nitrogen and oxygen atoms in total. The summed E-state index contributed by atoms with van der Waals surface area (Å²) in [5.74, 6) is 0.865. The van der Waals surface area contributed by atoms with Gasteiger partial charge in [-0.2, -0.15) is 10.1 Å². The lowest BCUT2D eigenvalue weighted by molar-refractivity contribution is 0.0983. The number of nitrogens with one attached hydrogen (secondary N) is 1. The number of aromatic amines is 1. The predicted octanol–water partition coefficient (Wildman–Crippen LogP) is 1.28. The van der Waals surface area contributed by atoms with Gasteiger partial charge in [-0.1, -0.05) is 35.5 Å². The molecule has 0 saturated carbocycles. The summed E-state index contributed by atoms with van der Waals surface area (Å²) in [5.41, 5.74) is 0.613. The van der Waals surface area contributed by atoms with E-state index in [0.29, 0.717) is 11.4 Å². The summed E-state index contributed by atoms with van der Waals surface area (Å²) >= 11 is 0. The Morgan fingerprint density at radius 2 is 2.11 bits per heavy atom. The van der Waals surface area contributed by atoms with Crippen LogP contribution in [0.4, 0.5) is 0 Å². The van der Waals surface area contributed by atoms with Gasteiger partial charge in [0.2, 0.25) is 11.7 Å². The number of nitrogens with zero attached hydrogens (tertiary/aromatic N) is 4. The largest absolute Gasteiger partial charge is 0.338 e. The third kappa shape index (κ3) is 2.39. The van der Waals surface area contributed by atoms with Gasteiger partial charge in [-0.3, -0.25) is 9.89 Å². The molecule has 0 fully saturated rings. The third-order valence-corrected chi connectivity index (χ3v) is 2.50. The number of H-pyrrole nitrogens is 1. The van der Waals surface area contributed by atoms with Gasteiger partial charge in [0.25, 0.3) is 0 Å². The molecule has 7 heteroatoms. The average molecular weight is 255 g/mol. The summed E-state index contributed by atoms with van der Waals surface area (Å²) in [7, 11) is 0. The highest BCUT2D eigenvalue weighted by Crippen LogP contribution is 2.11. The molecule has 0 atom stereocenters. The molecule has 0 bridgehead atoms. The number of aromatic nitrogens is 5. The van der Waals surface area contributed by atoms with Gasteiger partial charge in [0.1, 0.15) is 6.33 Å². The minimum Gasteiger partial charge on any atom is -0.338 e. The maximum Gasteiger partial charge on any atom is 0.239 e. The Kier molecular flexibility index (Phi) is 2.85. The van der Waals surface area contributed by atoms with Crippen LogP contribution in [0.5, 0.6) is 0 Å². The smallest absolute Gasteiger partial charge is 0.239 e. The molecule has 0 aliphatic carbocycles. The van der Waals surface area contributed by atoms with Crippen molar-refractivity contribution < 1.29 is 9.32 Å². The Hall–Kier alpha value is -2.83. The van der Waals surface area contributed by atoms with Crippen LogP contribution in [0.3, 0.4) is 0 Å². The lowest BCUT2D eigenvalue weighted by Gasteiger charge is -1.95. The predicted molar refractivity (Wildman–Crippen MR) is 64.2 cm³/mol. The molecule has 0 saturated heterocycles. The summed E-state index contributed by atoms with van der Waals surface area (Å²) in [6.45, 7) is 0. The molecule has 0 aliphatic rings. The van der Waals surface area contributed by atoms with Gasteiger partial charge >= 0.3 is 0 Å². The van der Waals surface area contributed by atoms with E-state index in [0.717, 1.165) is 0 Å². The van der Waals surface area contributed by atoms with Crippen molar-refractivity contribution >= 4 is 5.78 Å².